The highest BCUT2D eigenvalue weighted by Crippen LogP contribution is 2.46. The number of nitrogens with zero attached hydrogens (tertiary/aromatic N) is 2. The van der Waals surface area contributed by atoms with Gasteiger partial charge in [-0.05, 0) is 37.0 Å². The van der Waals surface area contributed by atoms with Crippen molar-refractivity contribution in [2.45, 2.75) is 65.0 Å². The van der Waals surface area contributed by atoms with Crippen LogP contribution in [0.25, 0.3) is 0 Å². The van der Waals surface area contributed by atoms with Crippen LogP contribution in [0.4, 0.5) is 0 Å². The van der Waals surface area contributed by atoms with Crippen molar-refractivity contribution in [1.29, 1.82) is 5.26 Å². The molecule has 2 N–H and O–H groups in total. The molecular formula is C16H27N3O. The maximum atomic E-state index is 12.9. The van der Waals surface area contributed by atoms with E-state index in [2.05, 4.69) is 26.8 Å². The second-order valence-electron chi connectivity index (χ2n) is 7.07. The lowest BCUT2D eigenvalue weighted by Gasteiger charge is -2.47. The van der Waals surface area contributed by atoms with Crippen molar-refractivity contribution < 1.29 is 4.79 Å². The third kappa shape index (κ3) is 2.83. The summed E-state index contributed by atoms with van der Waals surface area (Å²) in [6, 6.07) is 2.74. The van der Waals surface area contributed by atoms with Crippen LogP contribution in [-0.4, -0.2) is 29.4 Å². The highest BCUT2D eigenvalue weighted by atomic mass is 16.2. The van der Waals surface area contributed by atoms with Gasteiger partial charge in [0.1, 0.15) is 0 Å². The van der Waals surface area contributed by atoms with Crippen molar-refractivity contribution in [3.8, 4) is 6.07 Å². The number of hydrogen-bond donors (Lipinski definition) is 1. The highest BCUT2D eigenvalue weighted by Gasteiger charge is 2.47. The van der Waals surface area contributed by atoms with Crippen molar-refractivity contribution in [1.82, 2.24) is 4.90 Å². The fraction of sp³-hybridized carbons (Fsp3) is 0.875. The lowest BCUT2D eigenvalue weighted by molar-refractivity contribution is -0.144. The SMILES string of the molecule is CC1C(N)CCC(C(=O)N(CCC#N)C2CC2)C1(C)C. The average Bonchev–Trinajstić information content (AvgIpc) is 3.21. The molecule has 2 rings (SSSR count). The van der Waals surface area contributed by atoms with E-state index < -0.39 is 0 Å². The van der Waals surface area contributed by atoms with Gasteiger partial charge in [0.2, 0.25) is 5.91 Å². The molecule has 0 saturated heterocycles. The first-order chi connectivity index (χ1) is 9.39. The standard InChI is InChI=1S/C16H27N3O/c1-11-14(18)8-7-13(16(11,2)3)15(20)19(10-4-9-17)12-5-6-12/h11-14H,4-8,10,18H2,1-3H3. The van der Waals surface area contributed by atoms with Gasteiger partial charge in [0.15, 0.2) is 0 Å². The second kappa shape index (κ2) is 5.73. The summed E-state index contributed by atoms with van der Waals surface area (Å²) >= 11 is 0. The van der Waals surface area contributed by atoms with Gasteiger partial charge in [-0.25, -0.2) is 0 Å². The molecule has 0 heterocycles. The Morgan fingerprint density at radius 2 is 2.00 bits per heavy atom. The molecule has 0 aliphatic heterocycles. The summed E-state index contributed by atoms with van der Waals surface area (Å²) in [5.74, 6) is 0.658. The van der Waals surface area contributed by atoms with Gasteiger partial charge in [0.25, 0.3) is 0 Å². The molecule has 3 unspecified atom stereocenters. The highest BCUT2D eigenvalue weighted by molar-refractivity contribution is 5.80. The normalized spacial score (nSPS) is 32.5. The first kappa shape index (κ1) is 15.3. The Kier molecular flexibility index (Phi) is 4.39. The number of nitriles is 1. The first-order valence-corrected chi connectivity index (χ1v) is 7.82. The van der Waals surface area contributed by atoms with Crippen LogP contribution in [-0.2, 0) is 4.79 Å². The molecule has 0 aromatic rings. The molecule has 2 saturated carbocycles. The van der Waals surface area contributed by atoms with E-state index in [1.54, 1.807) is 0 Å². The summed E-state index contributed by atoms with van der Waals surface area (Å²) in [5, 5.41) is 8.78. The molecule has 0 radical (unpaired) electrons. The Morgan fingerprint density at radius 1 is 1.35 bits per heavy atom. The number of rotatable bonds is 4. The van der Waals surface area contributed by atoms with Crippen molar-refractivity contribution in [3.05, 3.63) is 0 Å². The van der Waals surface area contributed by atoms with Crippen LogP contribution in [0.1, 0.15) is 52.9 Å². The van der Waals surface area contributed by atoms with Crippen LogP contribution in [0.15, 0.2) is 0 Å². The van der Waals surface area contributed by atoms with E-state index in [0.717, 1.165) is 25.7 Å². The zero-order valence-corrected chi connectivity index (χ0v) is 12.9. The Morgan fingerprint density at radius 3 is 2.55 bits per heavy atom. The number of nitrogens with two attached hydrogens (primary N) is 1. The van der Waals surface area contributed by atoms with Crippen molar-refractivity contribution in [2.24, 2.45) is 23.0 Å². The fourth-order valence-electron chi connectivity index (χ4n) is 3.52. The third-order valence-electron chi connectivity index (χ3n) is 5.54. The van der Waals surface area contributed by atoms with Crippen LogP contribution in [0.5, 0.6) is 0 Å². The van der Waals surface area contributed by atoms with Gasteiger partial charge < -0.3 is 10.6 Å². The number of carbonyl (C=O) groups excluding carboxylic acids is 1. The summed E-state index contributed by atoms with van der Waals surface area (Å²) in [6.45, 7) is 7.11. The van der Waals surface area contributed by atoms with Gasteiger partial charge in [-0.3, -0.25) is 4.79 Å². The van der Waals surface area contributed by atoms with Gasteiger partial charge in [-0.15, -0.1) is 0 Å². The average molecular weight is 277 g/mol. The van der Waals surface area contributed by atoms with Gasteiger partial charge >= 0.3 is 0 Å². The molecule has 2 aliphatic rings. The molecule has 0 aromatic carbocycles. The largest absolute Gasteiger partial charge is 0.338 e. The molecule has 2 fully saturated rings. The summed E-state index contributed by atoms with van der Waals surface area (Å²) in [7, 11) is 0. The minimum atomic E-state index is -0.0610. The maximum absolute atomic E-state index is 12.9. The Hall–Kier alpha value is -1.08. The summed E-state index contributed by atoms with van der Waals surface area (Å²) in [5.41, 5.74) is 6.12. The molecule has 0 aromatic heterocycles. The van der Waals surface area contributed by atoms with Crippen LogP contribution >= 0.6 is 0 Å². The zero-order chi connectivity index (χ0) is 14.9. The van der Waals surface area contributed by atoms with E-state index in [1.807, 2.05) is 4.90 Å². The second-order valence-corrected chi connectivity index (χ2v) is 7.07. The van der Waals surface area contributed by atoms with Gasteiger partial charge in [-0.2, -0.15) is 5.26 Å². The van der Waals surface area contributed by atoms with Gasteiger partial charge in [-0.1, -0.05) is 20.8 Å². The lowest BCUT2D eigenvalue weighted by atomic mass is 9.60. The Labute approximate surface area is 122 Å². The zero-order valence-electron chi connectivity index (χ0n) is 12.9. The lowest BCUT2D eigenvalue weighted by Crippen LogP contribution is -2.52. The molecule has 4 heteroatoms. The van der Waals surface area contributed by atoms with E-state index in [4.69, 9.17) is 11.0 Å². The minimum Gasteiger partial charge on any atom is -0.338 e. The number of hydrogen-bond acceptors (Lipinski definition) is 3. The molecule has 4 nitrogen and oxygen atoms in total. The minimum absolute atomic E-state index is 0.0524. The molecule has 0 spiro atoms. The molecule has 2 aliphatic carbocycles. The predicted octanol–water partition coefficient (Wildman–Crippen LogP) is 2.29. The molecule has 112 valence electrons. The Balaban J connectivity index is 2.12. The Bertz CT molecular complexity index is 408. The quantitative estimate of drug-likeness (QED) is 0.857. The molecule has 0 bridgehead atoms. The first-order valence-electron chi connectivity index (χ1n) is 7.82. The summed E-state index contributed by atoms with van der Waals surface area (Å²) in [6.07, 6.45) is 4.44. The van der Waals surface area contributed by atoms with E-state index in [1.165, 1.54) is 0 Å². The van der Waals surface area contributed by atoms with Gasteiger partial charge in [0.05, 0.1) is 12.5 Å². The van der Waals surface area contributed by atoms with Crippen LogP contribution in [0.3, 0.4) is 0 Å². The monoisotopic (exact) mass is 277 g/mol. The van der Waals surface area contributed by atoms with E-state index in [9.17, 15) is 4.79 Å². The molecule has 20 heavy (non-hydrogen) atoms. The van der Waals surface area contributed by atoms with Crippen molar-refractivity contribution >= 4 is 5.91 Å². The molecular weight excluding hydrogens is 250 g/mol. The smallest absolute Gasteiger partial charge is 0.226 e. The van der Waals surface area contributed by atoms with Crippen LogP contribution in [0, 0.1) is 28.6 Å². The molecule has 1 amide bonds. The van der Waals surface area contributed by atoms with E-state index in [0.29, 0.717) is 24.9 Å². The number of carbonyl (C=O) groups is 1. The van der Waals surface area contributed by atoms with E-state index >= 15 is 0 Å². The summed E-state index contributed by atoms with van der Waals surface area (Å²) in [4.78, 5) is 14.9. The topological polar surface area (TPSA) is 70.1 Å². The van der Waals surface area contributed by atoms with Gasteiger partial charge in [0, 0.05) is 24.5 Å². The predicted molar refractivity (Wildman–Crippen MR) is 78.6 cm³/mol. The van der Waals surface area contributed by atoms with Crippen molar-refractivity contribution in [3.63, 3.8) is 0 Å². The number of amides is 1. The van der Waals surface area contributed by atoms with E-state index in [-0.39, 0.29) is 23.3 Å². The summed E-state index contributed by atoms with van der Waals surface area (Å²) < 4.78 is 0. The van der Waals surface area contributed by atoms with Crippen LogP contribution < -0.4 is 5.73 Å². The fourth-order valence-corrected chi connectivity index (χ4v) is 3.52. The third-order valence-corrected chi connectivity index (χ3v) is 5.54. The van der Waals surface area contributed by atoms with Crippen molar-refractivity contribution in [2.75, 3.05) is 6.54 Å². The molecule has 3 atom stereocenters. The van der Waals surface area contributed by atoms with Crippen LogP contribution in [0.2, 0.25) is 0 Å². The maximum Gasteiger partial charge on any atom is 0.226 e.